The van der Waals surface area contributed by atoms with Crippen molar-refractivity contribution in [2.45, 2.75) is 45.6 Å². The Labute approximate surface area is 108 Å². The van der Waals surface area contributed by atoms with E-state index in [9.17, 15) is 9.90 Å². The summed E-state index contributed by atoms with van der Waals surface area (Å²) in [6.07, 6.45) is 4.02. The van der Waals surface area contributed by atoms with Crippen LogP contribution in [0.5, 0.6) is 5.75 Å². The SMILES string of the molecule is CCCC(CCC)NC(=O)c1ccc(O)cc1N. The number of phenols is 1. The smallest absolute Gasteiger partial charge is 0.253 e. The Balaban J connectivity index is 2.73. The Hall–Kier alpha value is -1.71. The van der Waals surface area contributed by atoms with Crippen molar-refractivity contribution in [3.05, 3.63) is 23.8 Å². The molecule has 0 spiro atoms. The summed E-state index contributed by atoms with van der Waals surface area (Å²) >= 11 is 0. The average molecular weight is 250 g/mol. The van der Waals surface area contributed by atoms with Crippen molar-refractivity contribution in [2.24, 2.45) is 0 Å². The number of carbonyl (C=O) groups excluding carboxylic acids is 1. The average Bonchev–Trinajstić information content (AvgIpc) is 2.29. The third-order valence-electron chi connectivity index (χ3n) is 2.89. The zero-order valence-electron chi connectivity index (χ0n) is 11.1. The quantitative estimate of drug-likeness (QED) is 0.679. The molecule has 0 radical (unpaired) electrons. The molecular formula is C14H22N2O2. The molecule has 0 atom stereocenters. The maximum absolute atomic E-state index is 12.1. The van der Waals surface area contributed by atoms with Crippen LogP contribution in [0.4, 0.5) is 5.69 Å². The van der Waals surface area contributed by atoms with E-state index in [1.807, 2.05) is 0 Å². The van der Waals surface area contributed by atoms with Gasteiger partial charge in [-0.3, -0.25) is 4.79 Å². The van der Waals surface area contributed by atoms with E-state index in [1.54, 1.807) is 6.07 Å². The molecule has 1 rings (SSSR count). The summed E-state index contributed by atoms with van der Waals surface area (Å²) < 4.78 is 0. The highest BCUT2D eigenvalue weighted by Crippen LogP contribution is 2.19. The summed E-state index contributed by atoms with van der Waals surface area (Å²) in [5.41, 5.74) is 6.45. The standard InChI is InChI=1S/C14H22N2O2/c1-3-5-10(6-4-2)16-14(18)12-8-7-11(17)9-13(12)15/h7-10,17H,3-6,15H2,1-2H3,(H,16,18). The van der Waals surface area contributed by atoms with Gasteiger partial charge in [0.05, 0.1) is 5.56 Å². The maximum atomic E-state index is 12.1. The largest absolute Gasteiger partial charge is 0.508 e. The monoisotopic (exact) mass is 250 g/mol. The summed E-state index contributed by atoms with van der Waals surface area (Å²) in [4.78, 5) is 12.1. The zero-order chi connectivity index (χ0) is 13.5. The number of anilines is 1. The molecule has 4 heteroatoms. The van der Waals surface area contributed by atoms with E-state index >= 15 is 0 Å². The summed E-state index contributed by atoms with van der Waals surface area (Å²) in [6, 6.07) is 4.61. The molecule has 0 aliphatic rings. The van der Waals surface area contributed by atoms with E-state index in [4.69, 9.17) is 5.73 Å². The Morgan fingerprint density at radius 1 is 1.33 bits per heavy atom. The minimum atomic E-state index is -0.167. The van der Waals surface area contributed by atoms with Gasteiger partial charge < -0.3 is 16.2 Å². The fourth-order valence-electron chi connectivity index (χ4n) is 2.01. The summed E-state index contributed by atoms with van der Waals surface area (Å²) in [6.45, 7) is 4.20. The predicted octanol–water partition coefficient (Wildman–Crippen LogP) is 2.67. The second-order valence-corrected chi connectivity index (χ2v) is 4.52. The molecule has 18 heavy (non-hydrogen) atoms. The molecule has 0 aromatic heterocycles. The van der Waals surface area contributed by atoms with Gasteiger partial charge in [-0.2, -0.15) is 0 Å². The van der Waals surface area contributed by atoms with Crippen LogP contribution < -0.4 is 11.1 Å². The van der Waals surface area contributed by atoms with Gasteiger partial charge in [-0.1, -0.05) is 26.7 Å². The van der Waals surface area contributed by atoms with Gasteiger partial charge in [0.1, 0.15) is 5.75 Å². The molecule has 0 heterocycles. The van der Waals surface area contributed by atoms with Gasteiger partial charge in [0.25, 0.3) is 5.91 Å². The van der Waals surface area contributed by atoms with E-state index in [0.717, 1.165) is 25.7 Å². The van der Waals surface area contributed by atoms with Crippen molar-refractivity contribution in [3.8, 4) is 5.75 Å². The van der Waals surface area contributed by atoms with Crippen LogP contribution in [0, 0.1) is 0 Å². The Kier molecular flexibility index (Phi) is 5.49. The normalized spacial score (nSPS) is 10.6. The Morgan fingerprint density at radius 3 is 2.44 bits per heavy atom. The number of benzene rings is 1. The molecule has 0 unspecified atom stereocenters. The fourth-order valence-corrected chi connectivity index (χ4v) is 2.01. The van der Waals surface area contributed by atoms with Crippen LogP contribution in [0.2, 0.25) is 0 Å². The van der Waals surface area contributed by atoms with Crippen LogP contribution in [0.1, 0.15) is 49.9 Å². The predicted molar refractivity (Wildman–Crippen MR) is 73.6 cm³/mol. The van der Waals surface area contributed by atoms with Crippen molar-refractivity contribution in [1.29, 1.82) is 0 Å². The number of nitrogens with two attached hydrogens (primary N) is 1. The Morgan fingerprint density at radius 2 is 1.94 bits per heavy atom. The first-order valence-corrected chi connectivity index (χ1v) is 6.47. The molecule has 100 valence electrons. The summed E-state index contributed by atoms with van der Waals surface area (Å²) in [5, 5.41) is 12.3. The summed E-state index contributed by atoms with van der Waals surface area (Å²) in [7, 11) is 0. The number of hydrogen-bond acceptors (Lipinski definition) is 3. The molecule has 0 bridgehead atoms. The van der Waals surface area contributed by atoms with E-state index in [2.05, 4.69) is 19.2 Å². The molecule has 0 saturated carbocycles. The van der Waals surface area contributed by atoms with Gasteiger partial charge in [-0.05, 0) is 25.0 Å². The molecule has 1 aromatic rings. The van der Waals surface area contributed by atoms with Crippen LogP contribution in [0.15, 0.2) is 18.2 Å². The highest BCUT2D eigenvalue weighted by atomic mass is 16.3. The van der Waals surface area contributed by atoms with Crippen molar-refractivity contribution < 1.29 is 9.90 Å². The van der Waals surface area contributed by atoms with E-state index < -0.39 is 0 Å². The molecule has 1 amide bonds. The fraction of sp³-hybridized carbons (Fsp3) is 0.500. The topological polar surface area (TPSA) is 75.3 Å². The lowest BCUT2D eigenvalue weighted by atomic mass is 10.1. The van der Waals surface area contributed by atoms with Gasteiger partial charge in [0.15, 0.2) is 0 Å². The van der Waals surface area contributed by atoms with Crippen LogP contribution in [0.25, 0.3) is 0 Å². The molecule has 0 saturated heterocycles. The number of carbonyl (C=O) groups is 1. The first kappa shape index (κ1) is 14.4. The zero-order valence-corrected chi connectivity index (χ0v) is 11.1. The minimum absolute atomic E-state index is 0.0720. The van der Waals surface area contributed by atoms with Crippen LogP contribution in [-0.4, -0.2) is 17.1 Å². The molecular weight excluding hydrogens is 228 g/mol. The van der Waals surface area contributed by atoms with Crippen LogP contribution in [0.3, 0.4) is 0 Å². The number of aromatic hydroxyl groups is 1. The van der Waals surface area contributed by atoms with Crippen molar-refractivity contribution in [3.63, 3.8) is 0 Å². The van der Waals surface area contributed by atoms with Gasteiger partial charge in [0, 0.05) is 17.8 Å². The second-order valence-electron chi connectivity index (χ2n) is 4.52. The minimum Gasteiger partial charge on any atom is -0.508 e. The van der Waals surface area contributed by atoms with E-state index in [1.165, 1.54) is 12.1 Å². The van der Waals surface area contributed by atoms with Gasteiger partial charge >= 0.3 is 0 Å². The van der Waals surface area contributed by atoms with E-state index in [-0.39, 0.29) is 17.7 Å². The van der Waals surface area contributed by atoms with Crippen molar-refractivity contribution in [2.75, 3.05) is 5.73 Å². The number of nitrogens with one attached hydrogen (secondary N) is 1. The highest BCUT2D eigenvalue weighted by molar-refractivity contribution is 5.99. The number of rotatable bonds is 6. The molecule has 0 fully saturated rings. The number of amides is 1. The number of nitrogen functional groups attached to an aromatic ring is 1. The molecule has 4 N–H and O–H groups in total. The lowest BCUT2D eigenvalue weighted by Gasteiger charge is -2.18. The van der Waals surface area contributed by atoms with Gasteiger partial charge in [0.2, 0.25) is 0 Å². The van der Waals surface area contributed by atoms with Gasteiger partial charge in [-0.15, -0.1) is 0 Å². The van der Waals surface area contributed by atoms with Gasteiger partial charge in [-0.25, -0.2) is 0 Å². The lowest BCUT2D eigenvalue weighted by Crippen LogP contribution is -2.35. The third kappa shape index (κ3) is 3.95. The Bertz CT molecular complexity index is 399. The van der Waals surface area contributed by atoms with E-state index in [0.29, 0.717) is 11.3 Å². The number of hydrogen-bond donors (Lipinski definition) is 3. The molecule has 0 aliphatic carbocycles. The van der Waals surface area contributed by atoms with Crippen molar-refractivity contribution in [1.82, 2.24) is 5.32 Å². The number of phenolic OH excluding ortho intramolecular Hbond substituents is 1. The first-order chi connectivity index (χ1) is 8.58. The lowest BCUT2D eigenvalue weighted by molar-refractivity contribution is 0.0933. The third-order valence-corrected chi connectivity index (χ3v) is 2.89. The maximum Gasteiger partial charge on any atom is 0.253 e. The first-order valence-electron chi connectivity index (χ1n) is 6.47. The second kappa shape index (κ2) is 6.89. The van der Waals surface area contributed by atoms with Crippen LogP contribution >= 0.6 is 0 Å². The highest BCUT2D eigenvalue weighted by Gasteiger charge is 2.14. The molecule has 0 aliphatic heterocycles. The van der Waals surface area contributed by atoms with Crippen LogP contribution in [-0.2, 0) is 0 Å². The van der Waals surface area contributed by atoms with Crippen molar-refractivity contribution >= 4 is 11.6 Å². The summed E-state index contributed by atoms with van der Waals surface area (Å²) in [5.74, 6) is -0.0953. The molecule has 1 aromatic carbocycles. The molecule has 4 nitrogen and oxygen atoms in total.